The molecule has 0 heterocycles. The van der Waals surface area contributed by atoms with E-state index in [1.165, 1.54) is 0 Å². The molecule has 3 aromatic rings. The van der Waals surface area contributed by atoms with E-state index in [-0.39, 0.29) is 17.6 Å². The number of halogens is 1. The zero-order valence-electron chi connectivity index (χ0n) is 17.5. The first-order valence-electron chi connectivity index (χ1n) is 9.55. The Labute approximate surface area is 200 Å². The summed E-state index contributed by atoms with van der Waals surface area (Å²) in [6.07, 6.45) is 0. The van der Waals surface area contributed by atoms with Crippen molar-refractivity contribution in [2.45, 2.75) is 6.61 Å². The summed E-state index contributed by atoms with van der Waals surface area (Å²) >= 11 is 8.63. The van der Waals surface area contributed by atoms with Gasteiger partial charge < -0.3 is 19.5 Å². The van der Waals surface area contributed by atoms with Crippen LogP contribution in [-0.2, 0) is 6.61 Å². The fraction of sp³-hybridized carbons (Fsp3) is 0.130. The molecule has 166 valence electrons. The number of ether oxygens (including phenoxy) is 3. The van der Waals surface area contributed by atoms with Crippen LogP contribution in [0.2, 0.25) is 0 Å². The number of benzene rings is 3. The van der Waals surface area contributed by atoms with Crippen LogP contribution in [0.1, 0.15) is 15.9 Å². The SMILES string of the molecule is COc1cccc(NC(=S)NNC(=O)c2ccc(OC)c(COc3ccc(Br)cc3)c2)c1. The first kappa shape index (κ1) is 23.4. The zero-order chi connectivity index (χ0) is 22.9. The van der Waals surface area contributed by atoms with Gasteiger partial charge in [-0.05, 0) is 66.8 Å². The van der Waals surface area contributed by atoms with Gasteiger partial charge in [0.2, 0.25) is 0 Å². The van der Waals surface area contributed by atoms with E-state index >= 15 is 0 Å². The minimum Gasteiger partial charge on any atom is -0.497 e. The Balaban J connectivity index is 1.59. The Morgan fingerprint density at radius 3 is 2.44 bits per heavy atom. The fourth-order valence-electron chi connectivity index (χ4n) is 2.77. The Morgan fingerprint density at radius 1 is 0.938 bits per heavy atom. The number of carbonyl (C=O) groups excluding carboxylic acids is 1. The van der Waals surface area contributed by atoms with Gasteiger partial charge in [0.05, 0.1) is 14.2 Å². The molecular formula is C23H22BrN3O4S. The van der Waals surface area contributed by atoms with Crippen molar-refractivity contribution in [1.29, 1.82) is 0 Å². The Kier molecular flexibility index (Phi) is 8.29. The van der Waals surface area contributed by atoms with Gasteiger partial charge in [-0.2, -0.15) is 0 Å². The molecule has 1 amide bonds. The Morgan fingerprint density at radius 2 is 1.72 bits per heavy atom. The van der Waals surface area contributed by atoms with Crippen LogP contribution in [0.4, 0.5) is 5.69 Å². The van der Waals surface area contributed by atoms with Gasteiger partial charge in [-0.25, -0.2) is 0 Å². The molecule has 0 atom stereocenters. The standard InChI is InChI=1S/C23H22BrN3O4S/c1-29-20-5-3-4-18(13-20)25-23(32)27-26-22(28)15-6-11-21(30-2)16(12-15)14-31-19-9-7-17(24)8-10-19/h3-13H,14H2,1-2H3,(H,26,28)(H2,25,27,32). The number of rotatable bonds is 7. The highest BCUT2D eigenvalue weighted by atomic mass is 79.9. The number of thiocarbonyl (C=S) groups is 1. The lowest BCUT2D eigenvalue weighted by atomic mass is 10.1. The first-order chi connectivity index (χ1) is 15.5. The van der Waals surface area contributed by atoms with Crippen molar-refractivity contribution in [3.63, 3.8) is 0 Å². The molecule has 0 saturated carbocycles. The second-order valence-corrected chi connectivity index (χ2v) is 7.86. The summed E-state index contributed by atoms with van der Waals surface area (Å²) in [5.74, 6) is 1.67. The van der Waals surface area contributed by atoms with E-state index in [0.717, 1.165) is 15.7 Å². The topological polar surface area (TPSA) is 80.9 Å². The number of amides is 1. The molecule has 0 aliphatic heterocycles. The molecule has 32 heavy (non-hydrogen) atoms. The molecule has 3 N–H and O–H groups in total. The minimum atomic E-state index is -0.354. The molecular weight excluding hydrogens is 494 g/mol. The summed E-state index contributed by atoms with van der Waals surface area (Å²) in [5.41, 5.74) is 7.17. The van der Waals surface area contributed by atoms with Crippen molar-refractivity contribution in [2.75, 3.05) is 19.5 Å². The van der Waals surface area contributed by atoms with Crippen LogP contribution < -0.4 is 30.4 Å². The molecule has 0 bridgehead atoms. The maximum Gasteiger partial charge on any atom is 0.269 e. The number of nitrogens with one attached hydrogen (secondary N) is 3. The van der Waals surface area contributed by atoms with Gasteiger partial charge in [0.15, 0.2) is 5.11 Å². The number of hydrogen-bond acceptors (Lipinski definition) is 5. The summed E-state index contributed by atoms with van der Waals surface area (Å²) in [4.78, 5) is 12.6. The van der Waals surface area contributed by atoms with Crippen LogP contribution in [0.15, 0.2) is 71.2 Å². The summed E-state index contributed by atoms with van der Waals surface area (Å²) in [7, 11) is 3.16. The second kappa shape index (κ2) is 11.4. The molecule has 0 spiro atoms. The van der Waals surface area contributed by atoms with Gasteiger partial charge in [-0.1, -0.05) is 22.0 Å². The van der Waals surface area contributed by atoms with Gasteiger partial charge in [0, 0.05) is 27.4 Å². The van der Waals surface area contributed by atoms with Crippen molar-refractivity contribution in [2.24, 2.45) is 0 Å². The molecule has 3 rings (SSSR count). The predicted molar refractivity (Wildman–Crippen MR) is 131 cm³/mol. The summed E-state index contributed by atoms with van der Waals surface area (Å²) in [6.45, 7) is 0.245. The average molecular weight is 516 g/mol. The first-order valence-corrected chi connectivity index (χ1v) is 10.8. The minimum absolute atomic E-state index is 0.235. The lowest BCUT2D eigenvalue weighted by Crippen LogP contribution is -2.43. The molecule has 0 saturated heterocycles. The van der Waals surface area contributed by atoms with Crippen molar-refractivity contribution in [3.8, 4) is 17.2 Å². The van der Waals surface area contributed by atoms with Crippen molar-refractivity contribution in [1.82, 2.24) is 10.9 Å². The number of hydrazine groups is 1. The summed E-state index contributed by atoms with van der Waals surface area (Å²) < 4.78 is 17.4. The molecule has 0 aliphatic rings. The van der Waals surface area contributed by atoms with E-state index in [0.29, 0.717) is 22.8 Å². The Bertz CT molecular complexity index is 1090. The van der Waals surface area contributed by atoms with Gasteiger partial charge in [0.25, 0.3) is 5.91 Å². The van der Waals surface area contributed by atoms with Gasteiger partial charge in [-0.15, -0.1) is 0 Å². The van der Waals surface area contributed by atoms with Crippen LogP contribution in [0.5, 0.6) is 17.2 Å². The van der Waals surface area contributed by atoms with Crippen LogP contribution in [0.25, 0.3) is 0 Å². The highest BCUT2D eigenvalue weighted by molar-refractivity contribution is 9.10. The summed E-state index contributed by atoms with van der Waals surface area (Å²) in [6, 6.07) is 19.9. The highest BCUT2D eigenvalue weighted by Gasteiger charge is 2.12. The van der Waals surface area contributed by atoms with E-state index < -0.39 is 0 Å². The van der Waals surface area contributed by atoms with Crippen LogP contribution in [0, 0.1) is 0 Å². The highest BCUT2D eigenvalue weighted by Crippen LogP contribution is 2.23. The van der Waals surface area contributed by atoms with Crippen molar-refractivity contribution in [3.05, 3.63) is 82.3 Å². The molecule has 9 heteroatoms. The van der Waals surface area contributed by atoms with Crippen molar-refractivity contribution < 1.29 is 19.0 Å². The average Bonchev–Trinajstić information content (AvgIpc) is 2.82. The number of carbonyl (C=O) groups is 1. The quantitative estimate of drug-likeness (QED) is 0.311. The van der Waals surface area contributed by atoms with E-state index in [4.69, 9.17) is 26.4 Å². The van der Waals surface area contributed by atoms with E-state index in [1.54, 1.807) is 38.5 Å². The van der Waals surface area contributed by atoms with Crippen LogP contribution >= 0.6 is 28.1 Å². The zero-order valence-corrected chi connectivity index (χ0v) is 19.9. The normalized spacial score (nSPS) is 10.1. The lowest BCUT2D eigenvalue weighted by Gasteiger charge is -2.14. The molecule has 0 aliphatic carbocycles. The Hall–Kier alpha value is -3.30. The molecule has 0 radical (unpaired) electrons. The summed E-state index contributed by atoms with van der Waals surface area (Å²) in [5, 5.41) is 3.21. The van der Waals surface area contributed by atoms with Crippen LogP contribution in [-0.4, -0.2) is 25.2 Å². The number of anilines is 1. The number of hydrogen-bond donors (Lipinski definition) is 3. The number of methoxy groups -OCH3 is 2. The third-order valence-corrected chi connectivity index (χ3v) is 5.10. The van der Waals surface area contributed by atoms with Gasteiger partial charge in [0.1, 0.15) is 23.9 Å². The van der Waals surface area contributed by atoms with Gasteiger partial charge >= 0.3 is 0 Å². The largest absolute Gasteiger partial charge is 0.497 e. The third kappa shape index (κ3) is 6.60. The smallest absolute Gasteiger partial charge is 0.269 e. The van der Waals surface area contributed by atoms with E-state index in [2.05, 4.69) is 32.1 Å². The third-order valence-electron chi connectivity index (χ3n) is 4.37. The fourth-order valence-corrected chi connectivity index (χ4v) is 3.21. The monoisotopic (exact) mass is 515 g/mol. The maximum absolute atomic E-state index is 12.6. The maximum atomic E-state index is 12.6. The second-order valence-electron chi connectivity index (χ2n) is 6.53. The van der Waals surface area contributed by atoms with Crippen molar-refractivity contribution >= 4 is 44.9 Å². The van der Waals surface area contributed by atoms with E-state index in [9.17, 15) is 4.79 Å². The molecule has 0 fully saturated rings. The lowest BCUT2D eigenvalue weighted by molar-refractivity contribution is 0.0944. The predicted octanol–water partition coefficient (Wildman–Crippen LogP) is 4.68. The van der Waals surface area contributed by atoms with Gasteiger partial charge in [-0.3, -0.25) is 15.6 Å². The molecule has 0 unspecified atom stereocenters. The van der Waals surface area contributed by atoms with Crippen LogP contribution in [0.3, 0.4) is 0 Å². The molecule has 7 nitrogen and oxygen atoms in total. The van der Waals surface area contributed by atoms with E-state index in [1.807, 2.05) is 42.5 Å². The molecule has 3 aromatic carbocycles. The molecule has 0 aromatic heterocycles.